The van der Waals surface area contributed by atoms with Gasteiger partial charge in [-0.15, -0.1) is 0 Å². The lowest BCUT2D eigenvalue weighted by Crippen LogP contribution is -2.25. The molecule has 2 aromatic carbocycles. The van der Waals surface area contributed by atoms with Gasteiger partial charge in [-0.1, -0.05) is 18.2 Å². The van der Waals surface area contributed by atoms with E-state index in [1.54, 1.807) is 44.3 Å². The number of anilines is 2. The smallest absolute Gasteiger partial charge is 0.284 e. The molecule has 5 N–H and O–H groups in total. The molecular formula is C24H24F2N6O3. The van der Waals surface area contributed by atoms with Crippen LogP contribution in [0, 0.1) is 18.6 Å². The summed E-state index contributed by atoms with van der Waals surface area (Å²) in [7, 11) is 3.12. The molecule has 2 heterocycles. The SMILES string of the molecule is CN.Cc1c(C(=O)Nc2cc(F)c(Oc3ccnc(N)c3)cc2F)c(=O)n(-c2ccccc2)n1C. The molecule has 0 saturated carbocycles. The number of pyridine rings is 1. The summed E-state index contributed by atoms with van der Waals surface area (Å²) >= 11 is 0. The van der Waals surface area contributed by atoms with Crippen LogP contribution >= 0.6 is 0 Å². The van der Waals surface area contributed by atoms with E-state index in [2.05, 4.69) is 16.0 Å². The highest BCUT2D eigenvalue weighted by Gasteiger charge is 2.24. The van der Waals surface area contributed by atoms with Gasteiger partial charge in [-0.05, 0) is 32.2 Å². The lowest BCUT2D eigenvalue weighted by molar-refractivity contribution is 0.102. The topological polar surface area (TPSA) is 130 Å². The normalized spacial score (nSPS) is 10.3. The van der Waals surface area contributed by atoms with Crippen LogP contribution < -0.4 is 27.1 Å². The molecule has 0 aliphatic heterocycles. The Morgan fingerprint density at radius 1 is 1.06 bits per heavy atom. The first kappa shape index (κ1) is 25.1. The van der Waals surface area contributed by atoms with E-state index in [0.29, 0.717) is 11.4 Å². The largest absolute Gasteiger partial charge is 0.454 e. The van der Waals surface area contributed by atoms with Gasteiger partial charge < -0.3 is 21.5 Å². The van der Waals surface area contributed by atoms with Crippen LogP contribution in [0.25, 0.3) is 5.69 Å². The second-order valence-electron chi connectivity index (χ2n) is 7.17. The van der Waals surface area contributed by atoms with Gasteiger partial charge in [-0.2, -0.15) is 0 Å². The minimum atomic E-state index is -0.946. The first-order chi connectivity index (χ1) is 16.8. The number of nitrogens with one attached hydrogen (secondary N) is 1. The van der Waals surface area contributed by atoms with Crippen LogP contribution in [0.2, 0.25) is 0 Å². The van der Waals surface area contributed by atoms with Crippen molar-refractivity contribution >= 4 is 17.4 Å². The summed E-state index contributed by atoms with van der Waals surface area (Å²) in [6, 6.07) is 13.1. The van der Waals surface area contributed by atoms with Gasteiger partial charge in [-0.3, -0.25) is 14.3 Å². The molecule has 0 aliphatic carbocycles. The molecule has 0 unspecified atom stereocenters. The van der Waals surface area contributed by atoms with Gasteiger partial charge >= 0.3 is 0 Å². The fraction of sp³-hybridized carbons (Fsp3) is 0.125. The number of carbonyl (C=O) groups is 1. The second kappa shape index (κ2) is 10.6. The monoisotopic (exact) mass is 482 g/mol. The highest BCUT2D eigenvalue weighted by Crippen LogP contribution is 2.29. The first-order valence-electron chi connectivity index (χ1n) is 10.4. The van der Waals surface area contributed by atoms with Gasteiger partial charge in [0.25, 0.3) is 11.5 Å². The molecule has 4 rings (SSSR count). The molecule has 0 saturated heterocycles. The molecule has 0 spiro atoms. The fourth-order valence-electron chi connectivity index (χ4n) is 3.34. The van der Waals surface area contributed by atoms with Crippen molar-refractivity contribution in [3.63, 3.8) is 0 Å². The van der Waals surface area contributed by atoms with Crippen LogP contribution in [-0.4, -0.2) is 27.3 Å². The standard InChI is InChI=1S/C23H19F2N5O3.CH5N/c1-13-21(23(32)30(29(13)2)14-6-4-3-5-7-14)22(31)28-18-11-17(25)19(12-16(18)24)33-15-8-9-27-20(26)10-15;1-2/h3-12H,1-2H3,(H2,26,27)(H,28,31);2H2,1H3. The highest BCUT2D eigenvalue weighted by atomic mass is 19.1. The fourth-order valence-corrected chi connectivity index (χ4v) is 3.34. The van der Waals surface area contributed by atoms with Crippen LogP contribution in [0.5, 0.6) is 11.5 Å². The van der Waals surface area contributed by atoms with Crippen LogP contribution in [0.1, 0.15) is 16.1 Å². The number of nitrogens with zero attached hydrogens (tertiary/aromatic N) is 3. The summed E-state index contributed by atoms with van der Waals surface area (Å²) in [5.74, 6) is -2.82. The van der Waals surface area contributed by atoms with Crippen molar-refractivity contribution in [1.29, 1.82) is 0 Å². The third-order valence-corrected chi connectivity index (χ3v) is 5.03. The van der Waals surface area contributed by atoms with Crippen molar-refractivity contribution in [2.24, 2.45) is 12.8 Å². The van der Waals surface area contributed by atoms with Crippen molar-refractivity contribution in [1.82, 2.24) is 14.3 Å². The zero-order valence-corrected chi connectivity index (χ0v) is 19.3. The Hall–Kier alpha value is -4.51. The molecule has 0 atom stereocenters. The second-order valence-corrected chi connectivity index (χ2v) is 7.17. The minimum Gasteiger partial charge on any atom is -0.454 e. The van der Waals surface area contributed by atoms with Crippen molar-refractivity contribution < 1.29 is 18.3 Å². The number of carbonyl (C=O) groups excluding carboxylic acids is 1. The molecule has 2 aromatic heterocycles. The van der Waals surface area contributed by atoms with E-state index in [0.717, 1.165) is 12.1 Å². The lowest BCUT2D eigenvalue weighted by Gasteiger charge is -2.11. The molecule has 35 heavy (non-hydrogen) atoms. The molecular weight excluding hydrogens is 458 g/mol. The zero-order chi connectivity index (χ0) is 25.7. The Morgan fingerprint density at radius 2 is 1.74 bits per heavy atom. The van der Waals surface area contributed by atoms with Crippen LogP contribution in [0.15, 0.2) is 65.6 Å². The van der Waals surface area contributed by atoms with Gasteiger partial charge in [0, 0.05) is 31.4 Å². The van der Waals surface area contributed by atoms with E-state index in [-0.39, 0.29) is 17.1 Å². The number of para-hydroxylation sites is 1. The predicted octanol–water partition coefficient (Wildman–Crippen LogP) is 3.36. The van der Waals surface area contributed by atoms with E-state index >= 15 is 0 Å². The minimum absolute atomic E-state index is 0.150. The number of hydrogen-bond acceptors (Lipinski definition) is 6. The number of halogens is 2. The Labute approximate surface area is 199 Å². The van der Waals surface area contributed by atoms with Crippen LogP contribution in [-0.2, 0) is 7.05 Å². The van der Waals surface area contributed by atoms with Crippen LogP contribution in [0.4, 0.5) is 20.3 Å². The van der Waals surface area contributed by atoms with E-state index < -0.39 is 34.5 Å². The van der Waals surface area contributed by atoms with Gasteiger partial charge in [0.15, 0.2) is 17.4 Å². The number of hydrogen-bond donors (Lipinski definition) is 3. The molecule has 0 bridgehead atoms. The predicted molar refractivity (Wildman–Crippen MR) is 129 cm³/mol. The third kappa shape index (κ3) is 5.20. The number of benzene rings is 2. The maximum atomic E-state index is 14.7. The molecule has 0 fully saturated rings. The van der Waals surface area contributed by atoms with E-state index in [4.69, 9.17) is 10.5 Å². The number of rotatable bonds is 5. The molecule has 182 valence electrons. The molecule has 9 nitrogen and oxygen atoms in total. The summed E-state index contributed by atoms with van der Waals surface area (Å²) in [5, 5.41) is 2.28. The number of ether oxygens (including phenoxy) is 1. The average molecular weight is 482 g/mol. The van der Waals surface area contributed by atoms with Crippen molar-refractivity contribution in [2.45, 2.75) is 6.92 Å². The van der Waals surface area contributed by atoms with Crippen molar-refractivity contribution in [3.05, 3.63) is 94.0 Å². The first-order valence-corrected chi connectivity index (χ1v) is 10.4. The summed E-state index contributed by atoms with van der Waals surface area (Å²) in [6.45, 7) is 1.59. The molecule has 0 aliphatic rings. The average Bonchev–Trinajstić information content (AvgIpc) is 3.07. The number of nitrogens with two attached hydrogens (primary N) is 2. The third-order valence-electron chi connectivity index (χ3n) is 5.03. The van der Waals surface area contributed by atoms with Crippen molar-refractivity contribution in [2.75, 3.05) is 18.1 Å². The number of nitrogen functional groups attached to an aromatic ring is 1. The summed E-state index contributed by atoms with van der Waals surface area (Å²) in [4.78, 5) is 29.6. The van der Waals surface area contributed by atoms with E-state index in [9.17, 15) is 18.4 Å². The van der Waals surface area contributed by atoms with Gasteiger partial charge in [0.1, 0.15) is 17.1 Å². The van der Waals surface area contributed by atoms with E-state index in [1.807, 2.05) is 0 Å². The molecule has 11 heteroatoms. The maximum Gasteiger partial charge on any atom is 0.284 e. The summed E-state index contributed by atoms with van der Waals surface area (Å²) in [5.41, 5.74) is 9.76. The Balaban J connectivity index is 0.00000167. The quantitative estimate of drug-likeness (QED) is 0.400. The highest BCUT2D eigenvalue weighted by molar-refractivity contribution is 6.05. The Morgan fingerprint density at radius 3 is 2.40 bits per heavy atom. The van der Waals surface area contributed by atoms with Crippen molar-refractivity contribution in [3.8, 4) is 17.2 Å². The summed E-state index contributed by atoms with van der Waals surface area (Å²) in [6.07, 6.45) is 1.36. The van der Waals surface area contributed by atoms with Gasteiger partial charge in [-0.25, -0.2) is 18.4 Å². The molecule has 1 amide bonds. The molecule has 0 radical (unpaired) electrons. The zero-order valence-electron chi connectivity index (χ0n) is 19.3. The summed E-state index contributed by atoms with van der Waals surface area (Å²) < 4.78 is 37.4. The van der Waals surface area contributed by atoms with Gasteiger partial charge in [0.2, 0.25) is 0 Å². The lowest BCUT2D eigenvalue weighted by atomic mass is 10.2. The number of aromatic nitrogens is 3. The Bertz CT molecular complexity index is 1420. The van der Waals surface area contributed by atoms with E-state index in [1.165, 1.54) is 34.7 Å². The van der Waals surface area contributed by atoms with Gasteiger partial charge in [0.05, 0.1) is 17.1 Å². The number of amides is 1. The molecule has 4 aromatic rings. The maximum absolute atomic E-state index is 14.7. The Kier molecular flexibility index (Phi) is 7.62. The van der Waals surface area contributed by atoms with Crippen LogP contribution in [0.3, 0.4) is 0 Å².